The van der Waals surface area contributed by atoms with Gasteiger partial charge in [0.15, 0.2) is 0 Å². The van der Waals surface area contributed by atoms with E-state index in [1.165, 1.54) is 0 Å². The van der Waals surface area contributed by atoms with Crippen LogP contribution in [0.1, 0.15) is 70.7 Å². The quantitative estimate of drug-likeness (QED) is 0.562. The summed E-state index contributed by atoms with van der Waals surface area (Å²) in [4.78, 5) is 16.8. The van der Waals surface area contributed by atoms with Gasteiger partial charge in [0.1, 0.15) is 5.75 Å². The molecule has 0 aliphatic carbocycles. The Labute approximate surface area is 168 Å². The third kappa shape index (κ3) is 5.00. The number of aromatic nitrogens is 1. The summed E-state index contributed by atoms with van der Waals surface area (Å²) in [6.45, 7) is 14.5. The molecule has 0 spiro atoms. The number of pyridine rings is 1. The highest BCUT2D eigenvalue weighted by molar-refractivity contribution is 6.21. The normalized spacial score (nSPS) is 12.8. The van der Waals surface area contributed by atoms with E-state index >= 15 is 0 Å². The van der Waals surface area contributed by atoms with Gasteiger partial charge in [-0.25, -0.2) is 4.79 Å². The van der Waals surface area contributed by atoms with Gasteiger partial charge >= 0.3 is 5.97 Å². The molecule has 2 rings (SSSR count). The number of esters is 1. The first-order valence-electron chi connectivity index (χ1n) is 9.62. The number of aromatic hydroxyl groups is 1. The minimum atomic E-state index is -0.388. The van der Waals surface area contributed by atoms with Gasteiger partial charge in [-0.3, -0.25) is 4.98 Å². The van der Waals surface area contributed by atoms with Gasteiger partial charge in [-0.05, 0) is 58.7 Å². The van der Waals surface area contributed by atoms with Crippen molar-refractivity contribution in [3.8, 4) is 5.75 Å². The van der Waals surface area contributed by atoms with E-state index in [-0.39, 0.29) is 22.5 Å². The Hall–Kier alpha value is -2.62. The first kappa shape index (κ1) is 21.7. The highest BCUT2D eigenvalue weighted by atomic mass is 16.5. The zero-order chi connectivity index (χ0) is 21.1. The summed E-state index contributed by atoms with van der Waals surface area (Å²) in [6.07, 6.45) is 5.18. The van der Waals surface area contributed by atoms with Gasteiger partial charge in [0.2, 0.25) is 0 Å². The molecular formula is C24H31NO3. The van der Waals surface area contributed by atoms with Crippen LogP contribution in [0.25, 0.3) is 11.6 Å². The van der Waals surface area contributed by atoms with Crippen molar-refractivity contribution in [1.82, 2.24) is 4.98 Å². The molecule has 0 fully saturated rings. The molecule has 2 aromatic rings. The third-order valence-corrected chi connectivity index (χ3v) is 4.55. The van der Waals surface area contributed by atoms with Crippen molar-refractivity contribution in [3.05, 3.63) is 58.9 Å². The summed E-state index contributed by atoms with van der Waals surface area (Å²) in [5, 5.41) is 10.6. The molecule has 0 aliphatic heterocycles. The van der Waals surface area contributed by atoms with Crippen LogP contribution in [0.15, 0.2) is 36.7 Å². The van der Waals surface area contributed by atoms with E-state index in [1.807, 2.05) is 24.3 Å². The fraction of sp³-hybridized carbons (Fsp3) is 0.417. The molecule has 0 aliphatic rings. The van der Waals surface area contributed by atoms with E-state index in [0.29, 0.717) is 17.7 Å². The van der Waals surface area contributed by atoms with Crippen LogP contribution < -0.4 is 0 Å². The lowest BCUT2D eigenvalue weighted by atomic mass is 9.78. The van der Waals surface area contributed by atoms with Crippen LogP contribution in [-0.4, -0.2) is 22.7 Å². The van der Waals surface area contributed by atoms with Gasteiger partial charge in [0.25, 0.3) is 0 Å². The van der Waals surface area contributed by atoms with Crippen LogP contribution in [-0.2, 0) is 20.4 Å². The van der Waals surface area contributed by atoms with Crippen LogP contribution in [0, 0.1) is 0 Å². The van der Waals surface area contributed by atoms with Gasteiger partial charge in [-0.15, -0.1) is 0 Å². The molecule has 0 saturated carbocycles. The molecule has 0 atom stereocenters. The van der Waals surface area contributed by atoms with Crippen LogP contribution in [0.5, 0.6) is 5.75 Å². The zero-order valence-electron chi connectivity index (χ0n) is 18.0. The van der Waals surface area contributed by atoms with Crippen LogP contribution in [0.3, 0.4) is 0 Å². The molecule has 1 aromatic carbocycles. The Morgan fingerprint density at radius 3 is 2.25 bits per heavy atom. The predicted molar refractivity (Wildman–Crippen MR) is 114 cm³/mol. The average Bonchev–Trinajstić information content (AvgIpc) is 2.59. The lowest BCUT2D eigenvalue weighted by Crippen LogP contribution is -2.17. The van der Waals surface area contributed by atoms with Crippen molar-refractivity contribution in [3.63, 3.8) is 0 Å². The zero-order valence-corrected chi connectivity index (χ0v) is 18.0. The molecule has 0 unspecified atom stereocenters. The molecule has 1 heterocycles. The second-order valence-corrected chi connectivity index (χ2v) is 8.98. The Bertz CT molecular complexity index is 869. The molecule has 4 heteroatoms. The fourth-order valence-corrected chi connectivity index (χ4v) is 3.12. The molecule has 1 aromatic heterocycles. The number of phenols is 1. The van der Waals surface area contributed by atoms with Crippen molar-refractivity contribution < 1.29 is 14.6 Å². The Morgan fingerprint density at radius 2 is 1.75 bits per heavy atom. The van der Waals surface area contributed by atoms with Crippen molar-refractivity contribution in [2.45, 2.75) is 59.3 Å². The number of ether oxygens (including phenoxy) is 1. The Balaban J connectivity index is 2.78. The minimum Gasteiger partial charge on any atom is -0.508 e. The number of nitrogens with zero attached hydrogens (tertiary/aromatic N) is 1. The van der Waals surface area contributed by atoms with E-state index in [2.05, 4.69) is 46.5 Å². The van der Waals surface area contributed by atoms with Crippen molar-refractivity contribution >= 4 is 17.6 Å². The fourth-order valence-electron chi connectivity index (χ4n) is 3.12. The molecule has 4 nitrogen and oxygen atoms in total. The largest absolute Gasteiger partial charge is 0.508 e. The topological polar surface area (TPSA) is 59.4 Å². The van der Waals surface area contributed by atoms with Crippen LogP contribution in [0.2, 0.25) is 0 Å². The maximum absolute atomic E-state index is 12.7. The maximum atomic E-state index is 12.7. The van der Waals surface area contributed by atoms with E-state index in [0.717, 1.165) is 16.7 Å². The Morgan fingerprint density at radius 1 is 1.11 bits per heavy atom. The maximum Gasteiger partial charge on any atom is 0.338 e. The molecule has 0 bridgehead atoms. The summed E-state index contributed by atoms with van der Waals surface area (Å²) in [5.74, 6) is -0.116. The lowest BCUT2D eigenvalue weighted by Gasteiger charge is -2.27. The monoisotopic (exact) mass is 381 g/mol. The van der Waals surface area contributed by atoms with E-state index < -0.39 is 0 Å². The van der Waals surface area contributed by atoms with Crippen molar-refractivity contribution in [2.75, 3.05) is 6.61 Å². The first-order valence-corrected chi connectivity index (χ1v) is 9.62. The standard InChI is InChI=1S/C24H31NO3/c1-8-28-22(27)18(16-10-9-11-25-15-16)12-17-13-20(24(5,6)7)21(26)14-19(17)23(2,3)4/h9-15,26H,8H2,1-7H3/b18-12-. The van der Waals surface area contributed by atoms with E-state index in [1.54, 1.807) is 25.4 Å². The first-order chi connectivity index (χ1) is 12.9. The SMILES string of the molecule is CCOC(=O)/C(=C\c1cc(C(C)(C)C)c(O)cc1C(C)(C)C)c1cccnc1. The summed E-state index contributed by atoms with van der Waals surface area (Å²) in [6, 6.07) is 7.44. The Kier molecular flexibility index (Phi) is 6.33. The smallest absolute Gasteiger partial charge is 0.338 e. The van der Waals surface area contributed by atoms with Gasteiger partial charge in [-0.2, -0.15) is 0 Å². The summed E-state index contributed by atoms with van der Waals surface area (Å²) in [7, 11) is 0. The number of carbonyl (C=O) groups excluding carboxylic acids is 1. The summed E-state index contributed by atoms with van der Waals surface area (Å²) >= 11 is 0. The molecule has 1 N–H and O–H groups in total. The second kappa shape index (κ2) is 8.17. The van der Waals surface area contributed by atoms with Crippen LogP contribution >= 0.6 is 0 Å². The number of carbonyl (C=O) groups is 1. The lowest BCUT2D eigenvalue weighted by molar-refractivity contribution is -0.136. The number of hydrogen-bond acceptors (Lipinski definition) is 4. The van der Waals surface area contributed by atoms with E-state index in [4.69, 9.17) is 4.74 Å². The summed E-state index contributed by atoms with van der Waals surface area (Å²) < 4.78 is 5.29. The molecule has 0 amide bonds. The van der Waals surface area contributed by atoms with Gasteiger partial charge in [0, 0.05) is 18.0 Å². The third-order valence-electron chi connectivity index (χ3n) is 4.55. The average molecular weight is 382 g/mol. The number of benzene rings is 1. The highest BCUT2D eigenvalue weighted by Crippen LogP contribution is 2.38. The van der Waals surface area contributed by atoms with E-state index in [9.17, 15) is 9.90 Å². The number of hydrogen-bond donors (Lipinski definition) is 1. The number of rotatable bonds is 4. The van der Waals surface area contributed by atoms with Crippen molar-refractivity contribution in [1.29, 1.82) is 0 Å². The highest BCUT2D eigenvalue weighted by Gasteiger charge is 2.25. The molecule has 0 radical (unpaired) electrons. The number of phenolic OH excluding ortho intramolecular Hbond substituents is 1. The van der Waals surface area contributed by atoms with Gasteiger partial charge in [-0.1, -0.05) is 47.6 Å². The minimum absolute atomic E-state index is 0.214. The van der Waals surface area contributed by atoms with Crippen molar-refractivity contribution in [2.24, 2.45) is 0 Å². The molecular weight excluding hydrogens is 350 g/mol. The summed E-state index contributed by atoms with van der Waals surface area (Å²) in [5.41, 5.74) is 3.39. The molecule has 0 saturated heterocycles. The molecule has 28 heavy (non-hydrogen) atoms. The van der Waals surface area contributed by atoms with Gasteiger partial charge < -0.3 is 9.84 Å². The predicted octanol–water partition coefficient (Wildman–Crippen LogP) is 5.49. The second-order valence-electron chi connectivity index (χ2n) is 8.98. The van der Waals surface area contributed by atoms with Gasteiger partial charge in [0.05, 0.1) is 12.2 Å². The van der Waals surface area contributed by atoms with Crippen LogP contribution in [0.4, 0.5) is 0 Å². The molecule has 150 valence electrons.